The molecule has 0 saturated heterocycles. The van der Waals surface area contributed by atoms with Gasteiger partial charge in [-0.2, -0.15) is 0 Å². The van der Waals surface area contributed by atoms with Crippen LogP contribution in [0, 0.1) is 0 Å². The average molecular weight is 506 g/mol. The first kappa shape index (κ1) is 25.7. The van der Waals surface area contributed by atoms with Crippen LogP contribution in [0.4, 0.5) is 9.59 Å². The third-order valence-corrected chi connectivity index (χ3v) is 4.47. The molecule has 0 radical (unpaired) electrons. The molecule has 2 aromatic carbocycles. The molecule has 0 aliphatic heterocycles. The zero-order valence-electron chi connectivity index (χ0n) is 19.4. The van der Waals surface area contributed by atoms with Gasteiger partial charge in [0.05, 0.1) is 0 Å². The second-order valence-corrected chi connectivity index (χ2v) is 10.2. The molecule has 32 heavy (non-hydrogen) atoms. The molecule has 0 aromatic heterocycles. The number of hydrogen-bond donors (Lipinski definition) is 3. The van der Waals surface area contributed by atoms with E-state index >= 15 is 0 Å². The summed E-state index contributed by atoms with van der Waals surface area (Å²) >= 11 is 3.45. The number of halogens is 1. The molecule has 0 bridgehead atoms. The summed E-state index contributed by atoms with van der Waals surface area (Å²) in [6.07, 6.45) is -2.21. The Kier molecular flexibility index (Phi) is 8.69. The first-order chi connectivity index (χ1) is 14.8. The fraction of sp³-hybridized carbons (Fsp3) is 0.417. The highest BCUT2D eigenvalue weighted by Crippen LogP contribution is 2.22. The van der Waals surface area contributed by atoms with Gasteiger partial charge >= 0.3 is 12.2 Å². The van der Waals surface area contributed by atoms with E-state index in [4.69, 9.17) is 9.47 Å². The van der Waals surface area contributed by atoms with Gasteiger partial charge in [0.1, 0.15) is 11.2 Å². The molecular formula is C24H32BrN3O4. The maximum absolute atomic E-state index is 12.2. The highest BCUT2D eigenvalue weighted by Gasteiger charge is 2.23. The molecule has 0 unspecified atom stereocenters. The number of hydrogen-bond acceptors (Lipinski definition) is 5. The van der Waals surface area contributed by atoms with E-state index in [1.807, 2.05) is 48.5 Å². The summed E-state index contributed by atoms with van der Waals surface area (Å²) in [6, 6.07) is 16.1. The number of rotatable bonds is 6. The van der Waals surface area contributed by atoms with E-state index in [0.717, 1.165) is 21.2 Å². The predicted molar refractivity (Wildman–Crippen MR) is 129 cm³/mol. The maximum atomic E-state index is 12.2. The zero-order valence-corrected chi connectivity index (χ0v) is 21.0. The summed E-state index contributed by atoms with van der Waals surface area (Å²) < 4.78 is 11.6. The zero-order chi connectivity index (χ0) is 23.9. The Morgan fingerprint density at radius 3 is 1.88 bits per heavy atom. The molecular weight excluding hydrogens is 474 g/mol. The number of ether oxygens (including phenoxy) is 2. The molecule has 2 amide bonds. The number of alkyl carbamates (subject to hydrolysis) is 2. The van der Waals surface area contributed by atoms with E-state index < -0.39 is 29.7 Å². The van der Waals surface area contributed by atoms with Gasteiger partial charge in [0, 0.05) is 11.0 Å². The van der Waals surface area contributed by atoms with E-state index in [1.165, 1.54) is 0 Å². The Morgan fingerprint density at radius 2 is 1.38 bits per heavy atom. The first-order valence-corrected chi connectivity index (χ1v) is 11.2. The lowest BCUT2D eigenvalue weighted by Crippen LogP contribution is -2.57. The number of carbonyl (C=O) groups is 2. The van der Waals surface area contributed by atoms with E-state index in [1.54, 1.807) is 41.5 Å². The Labute approximate surface area is 198 Å². The van der Waals surface area contributed by atoms with E-state index in [2.05, 4.69) is 31.9 Å². The Hall–Kier alpha value is -2.58. The lowest BCUT2D eigenvalue weighted by atomic mass is 10.0. The lowest BCUT2D eigenvalue weighted by Gasteiger charge is -2.26. The number of amides is 2. The van der Waals surface area contributed by atoms with Gasteiger partial charge < -0.3 is 9.47 Å². The van der Waals surface area contributed by atoms with Crippen molar-refractivity contribution < 1.29 is 19.1 Å². The molecule has 2 rings (SSSR count). The van der Waals surface area contributed by atoms with Crippen molar-refractivity contribution in [3.63, 3.8) is 0 Å². The average Bonchev–Trinajstić information content (AvgIpc) is 2.64. The van der Waals surface area contributed by atoms with Crippen molar-refractivity contribution in [3.05, 3.63) is 58.6 Å². The summed E-state index contributed by atoms with van der Waals surface area (Å²) in [5.41, 5.74) is 1.80. The van der Waals surface area contributed by atoms with Crippen molar-refractivity contribution >= 4 is 28.1 Å². The summed E-state index contributed by atoms with van der Waals surface area (Å²) in [6.45, 7) is 11.0. The smallest absolute Gasteiger partial charge is 0.410 e. The van der Waals surface area contributed by atoms with Gasteiger partial charge in [-0.05, 0) is 76.4 Å². The summed E-state index contributed by atoms with van der Waals surface area (Å²) in [4.78, 5) is 24.5. The van der Waals surface area contributed by atoms with Crippen LogP contribution in [0.5, 0.6) is 0 Å². The van der Waals surface area contributed by atoms with Gasteiger partial charge in [-0.1, -0.05) is 46.3 Å². The van der Waals surface area contributed by atoms with E-state index in [-0.39, 0.29) is 0 Å². The molecule has 0 atom stereocenters. The summed E-state index contributed by atoms with van der Waals surface area (Å²) in [7, 11) is 0. The van der Waals surface area contributed by atoms with Crippen LogP contribution in [0.15, 0.2) is 53.0 Å². The lowest BCUT2D eigenvalue weighted by molar-refractivity contribution is 0.0405. The molecule has 3 N–H and O–H groups in total. The quantitative estimate of drug-likeness (QED) is 0.448. The summed E-state index contributed by atoms with van der Waals surface area (Å²) in [5.74, 6) is 0. The minimum absolute atomic E-state index is 0.390. The predicted octanol–water partition coefficient (Wildman–Crippen LogP) is 5.54. The second kappa shape index (κ2) is 10.8. The Balaban J connectivity index is 2.09. The fourth-order valence-corrected chi connectivity index (χ4v) is 2.98. The van der Waals surface area contributed by atoms with Crippen molar-refractivity contribution in [3.8, 4) is 11.1 Å². The molecule has 7 nitrogen and oxygen atoms in total. The Morgan fingerprint density at radius 1 is 0.844 bits per heavy atom. The third-order valence-electron chi connectivity index (χ3n) is 3.94. The van der Waals surface area contributed by atoms with Crippen LogP contribution in [-0.4, -0.2) is 29.7 Å². The maximum Gasteiger partial charge on any atom is 0.410 e. The van der Waals surface area contributed by atoms with Crippen molar-refractivity contribution in [1.29, 1.82) is 0 Å². The third kappa shape index (κ3) is 9.70. The van der Waals surface area contributed by atoms with Gasteiger partial charge in [-0.25, -0.2) is 9.59 Å². The first-order valence-electron chi connectivity index (χ1n) is 10.4. The van der Waals surface area contributed by atoms with E-state index in [0.29, 0.717) is 6.54 Å². The minimum Gasteiger partial charge on any atom is -0.444 e. The normalized spacial score (nSPS) is 11.8. The Bertz CT molecular complexity index is 888. The van der Waals surface area contributed by atoms with Crippen LogP contribution in [-0.2, 0) is 16.0 Å². The van der Waals surface area contributed by atoms with Gasteiger partial charge in [-0.3, -0.25) is 16.0 Å². The van der Waals surface area contributed by atoms with Crippen LogP contribution in [0.2, 0.25) is 0 Å². The van der Waals surface area contributed by atoms with Crippen LogP contribution in [0.25, 0.3) is 11.1 Å². The van der Waals surface area contributed by atoms with Gasteiger partial charge in [0.25, 0.3) is 0 Å². The molecule has 8 heteroatoms. The number of nitrogens with one attached hydrogen (secondary N) is 3. The van der Waals surface area contributed by atoms with Crippen molar-refractivity contribution in [1.82, 2.24) is 16.0 Å². The standard InChI is InChI=1S/C24H32BrN3O4/c1-23(2,3)31-21(29)27-20(28-22(30)32-24(4,5)6)26-15-16-8-7-9-18(14-16)17-10-12-19(25)13-11-17/h7-14,20,26H,15H2,1-6H3,(H,27,29)(H,28,30). The van der Waals surface area contributed by atoms with Gasteiger partial charge in [0.15, 0.2) is 6.29 Å². The SMILES string of the molecule is CC(C)(C)OC(=O)NC(NCc1cccc(-c2ccc(Br)cc2)c1)NC(=O)OC(C)(C)C. The topological polar surface area (TPSA) is 88.7 Å². The number of benzene rings is 2. The molecule has 0 aliphatic carbocycles. The van der Waals surface area contributed by atoms with Crippen molar-refractivity contribution in [2.24, 2.45) is 0 Å². The molecule has 0 heterocycles. The highest BCUT2D eigenvalue weighted by molar-refractivity contribution is 9.10. The fourth-order valence-electron chi connectivity index (χ4n) is 2.71. The molecule has 0 spiro atoms. The highest BCUT2D eigenvalue weighted by atomic mass is 79.9. The van der Waals surface area contributed by atoms with Crippen LogP contribution in [0.3, 0.4) is 0 Å². The van der Waals surface area contributed by atoms with Gasteiger partial charge in [-0.15, -0.1) is 0 Å². The monoisotopic (exact) mass is 505 g/mol. The molecule has 0 fully saturated rings. The van der Waals surface area contributed by atoms with Crippen LogP contribution < -0.4 is 16.0 Å². The van der Waals surface area contributed by atoms with Crippen molar-refractivity contribution in [2.75, 3.05) is 0 Å². The number of carbonyl (C=O) groups excluding carboxylic acids is 2. The largest absolute Gasteiger partial charge is 0.444 e. The molecule has 174 valence electrons. The second-order valence-electron chi connectivity index (χ2n) is 9.31. The van der Waals surface area contributed by atoms with Crippen molar-refractivity contribution in [2.45, 2.75) is 65.6 Å². The van der Waals surface area contributed by atoms with Crippen LogP contribution >= 0.6 is 15.9 Å². The van der Waals surface area contributed by atoms with Gasteiger partial charge in [0.2, 0.25) is 0 Å². The van der Waals surface area contributed by atoms with Crippen LogP contribution in [0.1, 0.15) is 47.1 Å². The van der Waals surface area contributed by atoms with E-state index in [9.17, 15) is 9.59 Å². The summed E-state index contributed by atoms with van der Waals surface area (Å²) in [5, 5.41) is 8.37. The molecule has 2 aromatic rings. The minimum atomic E-state index is -0.893. The molecule has 0 saturated carbocycles. The molecule has 0 aliphatic rings.